The molecule has 0 aliphatic rings. The van der Waals surface area contributed by atoms with Gasteiger partial charge in [-0.15, -0.1) is 0 Å². The van der Waals surface area contributed by atoms with Gasteiger partial charge in [0.25, 0.3) is 0 Å². The van der Waals surface area contributed by atoms with Gasteiger partial charge in [0, 0.05) is 0 Å². The van der Waals surface area contributed by atoms with E-state index in [1.165, 1.54) is 19.3 Å². The van der Waals surface area contributed by atoms with Crippen LogP contribution >= 0.6 is 20.0 Å². The smallest absolute Gasteiger partial charge is 0.370 e. The zero-order valence-corrected chi connectivity index (χ0v) is 20.2. The van der Waals surface area contributed by atoms with E-state index in [1.807, 2.05) is 56.3 Å². The van der Waals surface area contributed by atoms with Crippen molar-refractivity contribution in [2.75, 3.05) is 0 Å². The summed E-state index contributed by atoms with van der Waals surface area (Å²) in [5.41, 5.74) is 0.882. The van der Waals surface area contributed by atoms with Crippen LogP contribution in [-0.2, 0) is 9.09 Å². The van der Waals surface area contributed by atoms with Crippen LogP contribution in [0.3, 0.4) is 0 Å². The minimum Gasteiger partial charge on any atom is -0.370 e. The van der Waals surface area contributed by atoms with Crippen molar-refractivity contribution in [2.24, 2.45) is 0 Å². The summed E-state index contributed by atoms with van der Waals surface area (Å²) >= 11 is 5.50. The quantitative estimate of drug-likeness (QED) is 0.200. The molecule has 2 aromatic carbocycles. The molecule has 2 rings (SSSR count). The Labute approximate surface area is 186 Å². The number of fused-ring (bicyclic) bond motifs is 1. The number of nitrogens with one attached hydrogen (secondary N) is 1. The standard InChI is InChI=1S/C21H30NO4PS.C2H6/c1-3-4-5-6-7-12-20(28)22-21(16(2)26-27(23,24)25)19-14-13-17-10-8-9-11-18(17)15-19;1-2/h8-11,13-16,21H,3-7,12H2,1-2H3,(H,22,28)(H2,23,24,25);1-2H3. The number of rotatable bonds is 11. The molecule has 0 amide bonds. The Morgan fingerprint density at radius 3 is 2.33 bits per heavy atom. The van der Waals surface area contributed by atoms with E-state index in [0.717, 1.165) is 35.6 Å². The molecule has 2 aromatic rings. The number of thiocarbonyl (C=S) groups is 1. The van der Waals surface area contributed by atoms with Crippen LogP contribution in [0.15, 0.2) is 42.5 Å². The molecule has 2 atom stereocenters. The Kier molecular flexibility index (Phi) is 12.4. The Hall–Kier alpha value is -1.30. The van der Waals surface area contributed by atoms with Crippen LogP contribution < -0.4 is 5.32 Å². The van der Waals surface area contributed by atoms with Gasteiger partial charge in [0.15, 0.2) is 0 Å². The van der Waals surface area contributed by atoms with Crippen LogP contribution in [0.5, 0.6) is 0 Å². The molecule has 0 aliphatic carbocycles. The fraction of sp³-hybridized carbons (Fsp3) is 0.522. The van der Waals surface area contributed by atoms with Gasteiger partial charge < -0.3 is 15.1 Å². The maximum Gasteiger partial charge on any atom is 0.469 e. The first-order valence-electron chi connectivity index (χ1n) is 10.8. The highest BCUT2D eigenvalue weighted by Gasteiger charge is 2.27. The van der Waals surface area contributed by atoms with Crippen molar-refractivity contribution in [3.8, 4) is 0 Å². The van der Waals surface area contributed by atoms with Crippen LogP contribution in [0.25, 0.3) is 10.8 Å². The average Bonchev–Trinajstić information content (AvgIpc) is 2.71. The SMILES string of the molecule is CC.CCCCCCCC(=S)NC(c1ccc2ccccc2c1)C(C)OP(=O)(O)O. The van der Waals surface area contributed by atoms with Gasteiger partial charge in [-0.25, -0.2) is 4.57 Å². The summed E-state index contributed by atoms with van der Waals surface area (Å²) < 4.78 is 16.3. The lowest BCUT2D eigenvalue weighted by molar-refractivity contribution is 0.121. The molecule has 0 aromatic heterocycles. The Balaban J connectivity index is 0.00000218. The first-order valence-corrected chi connectivity index (χ1v) is 12.8. The molecule has 0 saturated carbocycles. The van der Waals surface area contributed by atoms with Crippen LogP contribution in [0.4, 0.5) is 0 Å². The summed E-state index contributed by atoms with van der Waals surface area (Å²) in [5, 5.41) is 5.43. The molecule has 0 radical (unpaired) electrons. The fourth-order valence-corrected chi connectivity index (χ4v) is 4.11. The van der Waals surface area contributed by atoms with Crippen molar-refractivity contribution in [3.63, 3.8) is 0 Å². The molecule has 3 N–H and O–H groups in total. The maximum atomic E-state index is 11.4. The third kappa shape index (κ3) is 9.67. The summed E-state index contributed by atoms with van der Waals surface area (Å²) in [4.78, 5) is 19.2. The van der Waals surface area contributed by atoms with E-state index >= 15 is 0 Å². The predicted octanol–water partition coefficient (Wildman–Crippen LogP) is 6.68. The Morgan fingerprint density at radius 1 is 1.07 bits per heavy atom. The molecular weight excluding hydrogens is 417 g/mol. The zero-order valence-electron chi connectivity index (χ0n) is 18.5. The lowest BCUT2D eigenvalue weighted by Gasteiger charge is -2.27. The van der Waals surface area contributed by atoms with Gasteiger partial charge in [0.2, 0.25) is 0 Å². The predicted molar refractivity (Wildman–Crippen MR) is 130 cm³/mol. The molecule has 0 heterocycles. The average molecular weight is 454 g/mol. The highest BCUT2D eigenvalue weighted by atomic mass is 32.1. The summed E-state index contributed by atoms with van der Waals surface area (Å²) in [6.07, 6.45) is 5.77. The number of hydrogen-bond donors (Lipinski definition) is 3. The highest BCUT2D eigenvalue weighted by Crippen LogP contribution is 2.40. The van der Waals surface area contributed by atoms with Gasteiger partial charge in [-0.05, 0) is 42.2 Å². The van der Waals surface area contributed by atoms with Crippen molar-refractivity contribution >= 4 is 35.8 Å². The Bertz CT molecular complexity index is 824. The van der Waals surface area contributed by atoms with Crippen molar-refractivity contribution in [2.45, 2.75) is 78.4 Å². The van der Waals surface area contributed by atoms with Gasteiger partial charge in [-0.3, -0.25) is 4.52 Å². The normalized spacial score (nSPS) is 13.3. The van der Waals surface area contributed by atoms with E-state index in [2.05, 4.69) is 12.2 Å². The molecule has 7 heteroatoms. The molecule has 168 valence electrons. The molecule has 0 saturated heterocycles. The Morgan fingerprint density at radius 2 is 1.70 bits per heavy atom. The minimum absolute atomic E-state index is 0.444. The van der Waals surface area contributed by atoms with E-state index in [1.54, 1.807) is 6.92 Å². The molecule has 0 bridgehead atoms. The summed E-state index contributed by atoms with van der Waals surface area (Å²) in [5.74, 6) is 0. The second-order valence-corrected chi connectivity index (χ2v) is 8.80. The highest BCUT2D eigenvalue weighted by molar-refractivity contribution is 7.80. The lowest BCUT2D eigenvalue weighted by atomic mass is 9.98. The molecule has 5 nitrogen and oxygen atoms in total. The van der Waals surface area contributed by atoms with Crippen LogP contribution in [0.2, 0.25) is 0 Å². The summed E-state index contributed by atoms with van der Waals surface area (Å²) in [7, 11) is -4.60. The third-order valence-electron chi connectivity index (χ3n) is 4.73. The van der Waals surface area contributed by atoms with Crippen LogP contribution in [-0.4, -0.2) is 20.9 Å². The molecule has 0 fully saturated rings. The van der Waals surface area contributed by atoms with Gasteiger partial charge >= 0.3 is 7.82 Å². The zero-order chi connectivity index (χ0) is 22.6. The second-order valence-electron chi connectivity index (χ2n) is 7.12. The van der Waals surface area contributed by atoms with E-state index in [4.69, 9.17) is 16.7 Å². The van der Waals surface area contributed by atoms with Crippen molar-refractivity contribution in [3.05, 3.63) is 48.0 Å². The van der Waals surface area contributed by atoms with Crippen molar-refractivity contribution in [1.29, 1.82) is 0 Å². The number of benzene rings is 2. The largest absolute Gasteiger partial charge is 0.469 e. The minimum atomic E-state index is -4.60. The lowest BCUT2D eigenvalue weighted by Crippen LogP contribution is -2.35. The maximum absolute atomic E-state index is 11.4. The third-order valence-corrected chi connectivity index (χ3v) is 5.66. The van der Waals surface area contributed by atoms with Crippen LogP contribution in [0.1, 0.15) is 77.8 Å². The topological polar surface area (TPSA) is 78.8 Å². The van der Waals surface area contributed by atoms with Gasteiger partial charge in [0.1, 0.15) is 0 Å². The number of phosphoric acid groups is 1. The van der Waals surface area contributed by atoms with Gasteiger partial charge in [-0.2, -0.15) is 0 Å². The molecule has 2 unspecified atom stereocenters. The number of unbranched alkanes of at least 4 members (excludes halogenated alkanes) is 4. The molecule has 30 heavy (non-hydrogen) atoms. The summed E-state index contributed by atoms with van der Waals surface area (Å²) in [6, 6.07) is 13.5. The fourth-order valence-electron chi connectivity index (χ4n) is 3.29. The van der Waals surface area contributed by atoms with E-state index in [-0.39, 0.29) is 0 Å². The summed E-state index contributed by atoms with van der Waals surface area (Å²) in [6.45, 7) is 7.83. The van der Waals surface area contributed by atoms with Gasteiger partial charge in [-0.1, -0.05) is 95.1 Å². The number of hydrogen-bond acceptors (Lipinski definition) is 3. The molecular formula is C23H36NO4PS. The van der Waals surface area contributed by atoms with Crippen molar-refractivity contribution in [1.82, 2.24) is 5.32 Å². The monoisotopic (exact) mass is 453 g/mol. The first kappa shape index (κ1) is 26.7. The van der Waals surface area contributed by atoms with E-state index in [0.29, 0.717) is 4.99 Å². The van der Waals surface area contributed by atoms with Crippen molar-refractivity contribution < 1.29 is 18.9 Å². The molecule has 0 spiro atoms. The van der Waals surface area contributed by atoms with Gasteiger partial charge in [0.05, 0.1) is 17.1 Å². The second kappa shape index (κ2) is 13.9. The van der Waals surface area contributed by atoms with E-state index in [9.17, 15) is 14.4 Å². The first-order chi connectivity index (χ1) is 14.3. The molecule has 0 aliphatic heterocycles. The van der Waals surface area contributed by atoms with Crippen LogP contribution in [0, 0.1) is 0 Å². The van der Waals surface area contributed by atoms with E-state index < -0.39 is 20.0 Å². The number of phosphoric ester groups is 1.